The predicted octanol–water partition coefficient (Wildman–Crippen LogP) is 5.65. The number of aromatic nitrogens is 1. The van der Waals surface area contributed by atoms with Gasteiger partial charge in [-0.3, -0.25) is 9.36 Å². The third-order valence-electron chi connectivity index (χ3n) is 6.57. The minimum atomic E-state index is -0.760. The Morgan fingerprint density at radius 3 is 2.42 bits per heavy atom. The Morgan fingerprint density at radius 2 is 1.72 bits per heavy atom. The number of methoxy groups -OCH3 is 1. The Balaban J connectivity index is 1.51. The molecule has 0 saturated heterocycles. The molecule has 1 aliphatic rings. The van der Waals surface area contributed by atoms with Crippen LogP contribution in [0.3, 0.4) is 0 Å². The Kier molecular flexibility index (Phi) is 9.89. The molecule has 43 heavy (non-hydrogen) atoms. The van der Waals surface area contributed by atoms with E-state index in [1.165, 1.54) is 29.2 Å². The molecule has 222 valence electrons. The van der Waals surface area contributed by atoms with Gasteiger partial charge in [0.2, 0.25) is 0 Å². The number of carbonyl (C=O) groups is 1. The van der Waals surface area contributed by atoms with Crippen LogP contribution in [0.5, 0.6) is 17.2 Å². The first-order chi connectivity index (χ1) is 20.8. The van der Waals surface area contributed by atoms with Gasteiger partial charge in [0.1, 0.15) is 12.4 Å². The lowest BCUT2D eigenvalue weighted by Gasteiger charge is -2.23. The zero-order valence-corrected chi connectivity index (χ0v) is 27.4. The molecule has 0 aliphatic carbocycles. The van der Waals surface area contributed by atoms with Crippen LogP contribution in [0.4, 0.5) is 0 Å². The maximum Gasteiger partial charge on any atom is 0.337 e. The van der Waals surface area contributed by atoms with Gasteiger partial charge in [0.05, 0.1) is 40.0 Å². The highest BCUT2D eigenvalue weighted by atomic mass is 127. The number of hydrogen-bond donors (Lipinski definition) is 0. The molecule has 8 nitrogen and oxygen atoms in total. The summed E-state index contributed by atoms with van der Waals surface area (Å²) in [7, 11) is 1.31. The quantitative estimate of drug-likeness (QED) is 0.155. The molecule has 0 spiro atoms. The molecule has 0 unspecified atom stereocenters. The van der Waals surface area contributed by atoms with Crippen molar-refractivity contribution in [3.8, 4) is 17.2 Å². The lowest BCUT2D eigenvalue weighted by atomic mass is 9.97. The molecule has 1 atom stereocenters. The molecule has 1 aromatic heterocycles. The third-order valence-corrected chi connectivity index (χ3v) is 8.66. The fraction of sp³-hybridized carbons (Fsp3) is 0.219. The second-order valence-corrected chi connectivity index (χ2v) is 12.0. The summed E-state index contributed by atoms with van der Waals surface area (Å²) >= 11 is 9.45. The van der Waals surface area contributed by atoms with Crippen LogP contribution in [0.1, 0.15) is 36.6 Å². The van der Waals surface area contributed by atoms with Gasteiger partial charge in [-0.25, -0.2) is 9.79 Å². The molecular weight excluding hydrogens is 703 g/mol. The summed E-state index contributed by atoms with van der Waals surface area (Å²) in [5.74, 6) is 1.27. The van der Waals surface area contributed by atoms with Crippen molar-refractivity contribution in [1.29, 1.82) is 0 Å². The van der Waals surface area contributed by atoms with Gasteiger partial charge in [0.15, 0.2) is 16.3 Å². The summed E-state index contributed by atoms with van der Waals surface area (Å²) in [4.78, 5) is 31.6. The lowest BCUT2D eigenvalue weighted by molar-refractivity contribution is -0.136. The maximum atomic E-state index is 13.9. The number of ether oxygens (including phenoxy) is 4. The average molecular weight is 731 g/mol. The lowest BCUT2D eigenvalue weighted by Crippen LogP contribution is -2.39. The van der Waals surface area contributed by atoms with Crippen LogP contribution >= 0.6 is 45.5 Å². The molecule has 4 aromatic rings. The van der Waals surface area contributed by atoms with Gasteiger partial charge in [0.25, 0.3) is 5.56 Å². The average Bonchev–Trinajstić information content (AvgIpc) is 3.32. The van der Waals surface area contributed by atoms with Gasteiger partial charge in [-0.15, -0.1) is 0 Å². The molecule has 1 aliphatic heterocycles. The monoisotopic (exact) mass is 730 g/mol. The second-order valence-electron chi connectivity index (χ2n) is 9.35. The van der Waals surface area contributed by atoms with Crippen LogP contribution in [-0.2, 0) is 16.1 Å². The van der Waals surface area contributed by atoms with Crippen molar-refractivity contribution in [3.05, 3.63) is 117 Å². The van der Waals surface area contributed by atoms with E-state index >= 15 is 0 Å². The third kappa shape index (κ3) is 6.81. The number of rotatable bonds is 10. The fourth-order valence-corrected chi connectivity index (χ4v) is 6.39. The topological polar surface area (TPSA) is 88.4 Å². The number of carbonyl (C=O) groups excluding carboxylic acids is 1. The van der Waals surface area contributed by atoms with Gasteiger partial charge in [-0.2, -0.15) is 0 Å². The van der Waals surface area contributed by atoms with E-state index in [0.717, 1.165) is 20.4 Å². The summed E-state index contributed by atoms with van der Waals surface area (Å²) in [6, 6.07) is 17.9. The van der Waals surface area contributed by atoms with E-state index in [4.69, 9.17) is 30.5 Å². The summed E-state index contributed by atoms with van der Waals surface area (Å²) < 4.78 is 25.5. The fourth-order valence-electron chi connectivity index (χ4n) is 4.60. The predicted molar refractivity (Wildman–Crippen MR) is 175 cm³/mol. The molecule has 0 amide bonds. The van der Waals surface area contributed by atoms with Crippen LogP contribution in [-0.4, -0.2) is 30.9 Å². The van der Waals surface area contributed by atoms with Gasteiger partial charge in [0, 0.05) is 11.2 Å². The normalized spacial score (nSPS) is 14.4. The molecule has 0 radical (unpaired) electrons. The highest BCUT2D eigenvalue weighted by Crippen LogP contribution is 2.35. The minimum Gasteiger partial charge on any atom is -0.490 e. The summed E-state index contributed by atoms with van der Waals surface area (Å²) in [6.07, 6.45) is 3.29. The minimum absolute atomic E-state index is 0.241. The van der Waals surface area contributed by atoms with E-state index < -0.39 is 12.0 Å². The first-order valence-electron chi connectivity index (χ1n) is 13.5. The molecule has 5 rings (SSSR count). The molecule has 0 bridgehead atoms. The number of hydrogen-bond acceptors (Lipinski definition) is 8. The van der Waals surface area contributed by atoms with Crippen LogP contribution in [0.2, 0.25) is 5.02 Å². The van der Waals surface area contributed by atoms with Crippen molar-refractivity contribution in [1.82, 2.24) is 4.57 Å². The van der Waals surface area contributed by atoms with Crippen molar-refractivity contribution in [3.63, 3.8) is 0 Å². The van der Waals surface area contributed by atoms with E-state index in [1.54, 1.807) is 12.1 Å². The Labute approximate surface area is 271 Å². The second kappa shape index (κ2) is 13.8. The molecule has 2 heterocycles. The molecule has 0 fully saturated rings. The highest BCUT2D eigenvalue weighted by Gasteiger charge is 2.31. The van der Waals surface area contributed by atoms with Crippen LogP contribution in [0.25, 0.3) is 6.08 Å². The Morgan fingerprint density at radius 1 is 1.00 bits per heavy atom. The number of halogens is 2. The van der Waals surface area contributed by atoms with E-state index in [-0.39, 0.29) is 11.1 Å². The van der Waals surface area contributed by atoms with E-state index in [2.05, 4.69) is 27.6 Å². The van der Waals surface area contributed by atoms with Crippen LogP contribution in [0, 0.1) is 3.57 Å². The largest absolute Gasteiger partial charge is 0.490 e. The van der Waals surface area contributed by atoms with Gasteiger partial charge in [-0.05, 0) is 95.6 Å². The smallest absolute Gasteiger partial charge is 0.337 e. The van der Waals surface area contributed by atoms with Crippen molar-refractivity contribution >= 4 is 57.6 Å². The van der Waals surface area contributed by atoms with Gasteiger partial charge in [-0.1, -0.05) is 47.2 Å². The van der Waals surface area contributed by atoms with Gasteiger partial charge >= 0.3 is 5.97 Å². The molecule has 0 N–H and O–H groups in total. The number of benzene rings is 3. The van der Waals surface area contributed by atoms with Crippen LogP contribution < -0.4 is 29.1 Å². The maximum absolute atomic E-state index is 13.9. The van der Waals surface area contributed by atoms with Crippen molar-refractivity contribution in [2.45, 2.75) is 26.5 Å². The SMILES string of the molecule is CCOc1ccc([C@@H]2C(C(=O)OC)=CN=c3s/c(=C\c4ccc(OCc5ccc(Cl)cc5)c(I)c4)c(=O)n32)cc1OCC. The molecule has 11 heteroatoms. The van der Waals surface area contributed by atoms with Crippen molar-refractivity contribution < 1.29 is 23.7 Å². The van der Waals surface area contributed by atoms with E-state index in [0.29, 0.717) is 51.2 Å². The number of thiazole rings is 1. The number of esters is 1. The highest BCUT2D eigenvalue weighted by molar-refractivity contribution is 14.1. The zero-order chi connectivity index (χ0) is 30.5. The summed E-state index contributed by atoms with van der Waals surface area (Å²) in [5.41, 5.74) is 2.48. The number of fused-ring (bicyclic) bond motifs is 1. The first kappa shape index (κ1) is 30.8. The van der Waals surface area contributed by atoms with E-state index in [1.807, 2.05) is 68.5 Å². The number of nitrogens with zero attached hydrogens (tertiary/aromatic N) is 2. The van der Waals surface area contributed by atoms with Gasteiger partial charge < -0.3 is 18.9 Å². The molecule has 3 aromatic carbocycles. The first-order valence-corrected chi connectivity index (χ1v) is 15.8. The summed E-state index contributed by atoms with van der Waals surface area (Å²) in [5, 5.41) is 0.676. The Bertz CT molecular complexity index is 1870. The molecular formula is C32H28ClIN2O6S. The van der Waals surface area contributed by atoms with Crippen LogP contribution in [0.15, 0.2) is 82.2 Å². The van der Waals surface area contributed by atoms with Crippen molar-refractivity contribution in [2.75, 3.05) is 20.3 Å². The van der Waals surface area contributed by atoms with E-state index in [9.17, 15) is 9.59 Å². The summed E-state index contributed by atoms with van der Waals surface area (Å²) in [6.45, 7) is 5.07. The Hall–Kier alpha value is -3.61. The molecule has 0 saturated carbocycles. The standard InChI is InChI=1S/C32H28ClIN2O6S/c1-4-40-26-13-9-21(16-27(26)41-5-2)29-23(31(38)39-3)17-35-32-36(29)30(37)28(43-32)15-20-8-12-25(24(34)14-20)42-18-19-6-10-22(33)11-7-19/h6-17,29H,4-5,18H2,1-3H3/b28-15-/t29-/m1/s1. The van der Waals surface area contributed by atoms with Crippen molar-refractivity contribution in [2.24, 2.45) is 4.99 Å². The zero-order valence-electron chi connectivity index (χ0n) is 23.6.